The fourth-order valence-corrected chi connectivity index (χ4v) is 3.22. The first kappa shape index (κ1) is 15.0. The van der Waals surface area contributed by atoms with E-state index in [1.54, 1.807) is 0 Å². The molecule has 5 nitrogen and oxygen atoms in total. The van der Waals surface area contributed by atoms with E-state index in [0.717, 1.165) is 0 Å². The van der Waals surface area contributed by atoms with E-state index in [4.69, 9.17) is 0 Å². The average molecular weight is 308 g/mol. The third-order valence-electron chi connectivity index (χ3n) is 2.98. The molecule has 1 aliphatic heterocycles. The second kappa shape index (κ2) is 5.94. The fourth-order valence-electron chi connectivity index (χ4n) is 1.92. The quantitative estimate of drug-likeness (QED) is 0.892. The minimum absolute atomic E-state index is 0.00612. The van der Waals surface area contributed by atoms with Gasteiger partial charge in [-0.15, -0.1) is 0 Å². The summed E-state index contributed by atoms with van der Waals surface area (Å²) < 4.78 is 49.3. The Morgan fingerprint density at radius 1 is 1.25 bits per heavy atom. The van der Waals surface area contributed by atoms with Crippen LogP contribution in [0, 0.1) is 0 Å². The van der Waals surface area contributed by atoms with Gasteiger partial charge in [-0.25, -0.2) is 9.97 Å². The molecule has 0 aliphatic carbocycles. The summed E-state index contributed by atoms with van der Waals surface area (Å²) in [7, 11) is 0.688. The Bertz CT molecular complexity index is 499. The van der Waals surface area contributed by atoms with Crippen LogP contribution in [0.2, 0.25) is 0 Å². The van der Waals surface area contributed by atoms with Crippen molar-refractivity contribution in [1.82, 2.24) is 9.97 Å². The lowest BCUT2D eigenvalue weighted by Gasteiger charge is -2.23. The zero-order valence-electron chi connectivity index (χ0n) is 10.8. The number of rotatable bonds is 3. The third-order valence-corrected chi connectivity index (χ3v) is 4.36. The van der Waals surface area contributed by atoms with Crippen molar-refractivity contribution >= 4 is 22.4 Å². The van der Waals surface area contributed by atoms with Gasteiger partial charge in [-0.3, -0.25) is 4.21 Å². The van der Waals surface area contributed by atoms with E-state index >= 15 is 0 Å². The van der Waals surface area contributed by atoms with Gasteiger partial charge in [0.2, 0.25) is 5.82 Å². The van der Waals surface area contributed by atoms with E-state index in [0.29, 0.717) is 24.3 Å². The number of hydrogen-bond acceptors (Lipinski definition) is 5. The lowest BCUT2D eigenvalue weighted by molar-refractivity contribution is -0.144. The van der Waals surface area contributed by atoms with Gasteiger partial charge in [-0.1, -0.05) is 0 Å². The normalized spacial score (nSPS) is 23.4. The topological polar surface area (TPSA) is 66.9 Å². The second-order valence-electron chi connectivity index (χ2n) is 4.48. The van der Waals surface area contributed by atoms with E-state index in [-0.39, 0.29) is 17.7 Å². The van der Waals surface area contributed by atoms with Crippen molar-refractivity contribution in [2.45, 2.75) is 25.1 Å². The molecule has 0 saturated carbocycles. The predicted octanol–water partition coefficient (Wildman–Crippen LogP) is 1.86. The largest absolute Gasteiger partial charge is 0.451 e. The summed E-state index contributed by atoms with van der Waals surface area (Å²) in [5.74, 6) is 0.191. The molecular weight excluding hydrogens is 293 g/mol. The van der Waals surface area contributed by atoms with Crippen molar-refractivity contribution in [3.63, 3.8) is 0 Å². The van der Waals surface area contributed by atoms with Crippen LogP contribution in [0.5, 0.6) is 0 Å². The maximum absolute atomic E-state index is 12.7. The SMILES string of the molecule is CNc1cc(NC2CCS(=O)CC2)nc(C(F)(F)F)n1. The maximum atomic E-state index is 12.7. The van der Waals surface area contributed by atoms with Gasteiger partial charge < -0.3 is 10.6 Å². The van der Waals surface area contributed by atoms with Gasteiger partial charge >= 0.3 is 6.18 Å². The summed E-state index contributed by atoms with van der Waals surface area (Å²) in [6.07, 6.45) is -3.27. The maximum Gasteiger partial charge on any atom is 0.451 e. The molecule has 2 heterocycles. The summed E-state index contributed by atoms with van der Waals surface area (Å²) in [4.78, 5) is 6.90. The number of nitrogens with one attached hydrogen (secondary N) is 2. The molecule has 1 aromatic heterocycles. The highest BCUT2D eigenvalue weighted by atomic mass is 32.2. The molecule has 20 heavy (non-hydrogen) atoms. The molecule has 1 fully saturated rings. The van der Waals surface area contributed by atoms with Crippen LogP contribution >= 0.6 is 0 Å². The minimum atomic E-state index is -4.59. The van der Waals surface area contributed by atoms with E-state index < -0.39 is 22.8 Å². The number of nitrogens with zero attached hydrogens (tertiary/aromatic N) is 2. The van der Waals surface area contributed by atoms with Crippen LogP contribution in [0.3, 0.4) is 0 Å². The first-order valence-electron chi connectivity index (χ1n) is 6.14. The molecule has 0 unspecified atom stereocenters. The molecule has 112 valence electrons. The third kappa shape index (κ3) is 3.81. The van der Waals surface area contributed by atoms with Crippen LogP contribution in [-0.4, -0.2) is 38.8 Å². The molecule has 0 spiro atoms. The molecule has 0 amide bonds. The van der Waals surface area contributed by atoms with Crippen LogP contribution in [0.1, 0.15) is 18.7 Å². The Morgan fingerprint density at radius 3 is 2.40 bits per heavy atom. The lowest BCUT2D eigenvalue weighted by Crippen LogP contribution is -2.30. The summed E-state index contributed by atoms with van der Waals surface area (Å²) >= 11 is 0. The molecule has 0 atom stereocenters. The Labute approximate surface area is 116 Å². The number of aromatic nitrogens is 2. The highest BCUT2D eigenvalue weighted by Crippen LogP contribution is 2.28. The minimum Gasteiger partial charge on any atom is -0.373 e. The highest BCUT2D eigenvalue weighted by Gasteiger charge is 2.35. The number of hydrogen-bond donors (Lipinski definition) is 2. The molecule has 0 aromatic carbocycles. The predicted molar refractivity (Wildman–Crippen MR) is 71.1 cm³/mol. The van der Waals surface area contributed by atoms with Crippen LogP contribution in [-0.2, 0) is 17.0 Å². The number of halogens is 3. The average Bonchev–Trinajstić information content (AvgIpc) is 2.40. The van der Waals surface area contributed by atoms with E-state index in [1.807, 2.05) is 0 Å². The van der Waals surface area contributed by atoms with Crippen molar-refractivity contribution < 1.29 is 17.4 Å². The Hall–Kier alpha value is -1.38. The second-order valence-corrected chi connectivity index (χ2v) is 6.17. The van der Waals surface area contributed by atoms with Gasteiger partial charge in [0.05, 0.1) is 0 Å². The van der Waals surface area contributed by atoms with Gasteiger partial charge in [0.25, 0.3) is 0 Å². The summed E-state index contributed by atoms with van der Waals surface area (Å²) in [6, 6.07) is 1.43. The Morgan fingerprint density at radius 2 is 1.85 bits per heavy atom. The number of alkyl halides is 3. The standard InChI is InChI=1S/C11H15F3N4OS/c1-15-8-6-9(18-10(17-8)11(12,13)14)16-7-2-4-20(19)5-3-7/h6-7H,2-5H2,1H3,(H2,15,16,17,18). The number of anilines is 2. The molecular formula is C11H15F3N4OS. The molecule has 1 saturated heterocycles. The first-order valence-corrected chi connectivity index (χ1v) is 7.63. The molecule has 2 N–H and O–H groups in total. The smallest absolute Gasteiger partial charge is 0.373 e. The van der Waals surface area contributed by atoms with Gasteiger partial charge in [-0.2, -0.15) is 13.2 Å². The van der Waals surface area contributed by atoms with Gasteiger partial charge in [0.1, 0.15) is 11.6 Å². The Balaban J connectivity index is 2.16. The van der Waals surface area contributed by atoms with E-state index in [9.17, 15) is 17.4 Å². The van der Waals surface area contributed by atoms with Crippen molar-refractivity contribution in [3.05, 3.63) is 11.9 Å². The molecule has 9 heteroatoms. The zero-order chi connectivity index (χ0) is 14.8. The zero-order valence-corrected chi connectivity index (χ0v) is 11.6. The lowest BCUT2D eigenvalue weighted by atomic mass is 10.1. The first-order chi connectivity index (χ1) is 9.38. The van der Waals surface area contributed by atoms with Gasteiger partial charge in [-0.05, 0) is 12.8 Å². The van der Waals surface area contributed by atoms with Crippen molar-refractivity contribution in [1.29, 1.82) is 0 Å². The summed E-state index contributed by atoms with van der Waals surface area (Å²) in [6.45, 7) is 0. The Kier molecular flexibility index (Phi) is 4.46. The van der Waals surface area contributed by atoms with Gasteiger partial charge in [0, 0.05) is 41.5 Å². The van der Waals surface area contributed by atoms with Crippen LogP contribution < -0.4 is 10.6 Å². The summed E-state index contributed by atoms with van der Waals surface area (Å²) in [5.41, 5.74) is 0. The van der Waals surface area contributed by atoms with Crippen molar-refractivity contribution in [2.75, 3.05) is 29.2 Å². The molecule has 1 aromatic rings. The van der Waals surface area contributed by atoms with Crippen LogP contribution in [0.15, 0.2) is 6.07 Å². The van der Waals surface area contributed by atoms with Crippen molar-refractivity contribution in [2.24, 2.45) is 0 Å². The van der Waals surface area contributed by atoms with Gasteiger partial charge in [0.15, 0.2) is 0 Å². The molecule has 0 radical (unpaired) electrons. The van der Waals surface area contributed by atoms with Crippen LogP contribution in [0.25, 0.3) is 0 Å². The molecule has 0 bridgehead atoms. The monoisotopic (exact) mass is 308 g/mol. The fraction of sp³-hybridized carbons (Fsp3) is 0.636. The van der Waals surface area contributed by atoms with E-state index in [2.05, 4.69) is 20.6 Å². The van der Waals surface area contributed by atoms with E-state index in [1.165, 1.54) is 13.1 Å². The summed E-state index contributed by atoms with van der Waals surface area (Å²) in [5, 5.41) is 5.55. The van der Waals surface area contributed by atoms with Crippen LogP contribution in [0.4, 0.5) is 24.8 Å². The highest BCUT2D eigenvalue weighted by molar-refractivity contribution is 7.85. The van der Waals surface area contributed by atoms with Crippen molar-refractivity contribution in [3.8, 4) is 0 Å². The molecule has 2 rings (SSSR count). The molecule has 1 aliphatic rings.